The Hall–Kier alpha value is -2.17. The summed E-state index contributed by atoms with van der Waals surface area (Å²) in [5, 5.41) is 33.1. The van der Waals surface area contributed by atoms with Crippen molar-refractivity contribution in [3.05, 3.63) is 30.1 Å². The molecular formula is C14H24BN4O5+. The van der Waals surface area contributed by atoms with Crippen molar-refractivity contribution in [3.63, 3.8) is 0 Å². The third-order valence-corrected chi connectivity index (χ3v) is 3.34. The summed E-state index contributed by atoms with van der Waals surface area (Å²) in [7, 11) is -1.72. The molecule has 2 atom stereocenters. The van der Waals surface area contributed by atoms with Gasteiger partial charge in [0.1, 0.15) is 6.04 Å². The van der Waals surface area contributed by atoms with Gasteiger partial charge in [0.2, 0.25) is 12.1 Å². The second-order valence-electron chi connectivity index (χ2n) is 5.85. The maximum Gasteiger partial charge on any atom is 0.475 e. The molecule has 0 bridgehead atoms. The molecule has 9 nitrogen and oxygen atoms in total. The lowest BCUT2D eigenvalue weighted by molar-refractivity contribution is -0.905. The Bertz CT molecular complexity index is 570. The molecule has 0 spiro atoms. The number of amides is 2. The number of nitrogens with one attached hydrogen (secondary N) is 2. The first-order valence-corrected chi connectivity index (χ1v) is 7.63. The van der Waals surface area contributed by atoms with Crippen molar-refractivity contribution in [3.8, 4) is 0 Å². The lowest BCUT2D eigenvalue weighted by Crippen LogP contribution is -2.57. The van der Waals surface area contributed by atoms with Gasteiger partial charge in [0.05, 0.1) is 5.94 Å². The maximum atomic E-state index is 12.2. The first kappa shape index (κ1) is 19.9. The molecule has 1 aromatic heterocycles. The highest BCUT2D eigenvalue weighted by molar-refractivity contribution is 6.43. The minimum atomic E-state index is -1.72. The predicted molar refractivity (Wildman–Crippen MR) is 85.7 cm³/mol. The van der Waals surface area contributed by atoms with Gasteiger partial charge in [-0.3, -0.25) is 14.8 Å². The summed E-state index contributed by atoms with van der Waals surface area (Å²) in [6.07, 6.45) is 1.62. The van der Waals surface area contributed by atoms with Gasteiger partial charge in [-0.15, -0.1) is 0 Å². The van der Waals surface area contributed by atoms with E-state index in [0.29, 0.717) is 11.2 Å². The molecule has 0 radical (unpaired) electrons. The van der Waals surface area contributed by atoms with Crippen LogP contribution in [0.1, 0.15) is 30.8 Å². The molecule has 2 amide bonds. The molecule has 1 unspecified atom stereocenters. The highest BCUT2D eigenvalue weighted by atomic mass is 16.5. The molecule has 7 N–H and O–H groups in total. The van der Waals surface area contributed by atoms with Gasteiger partial charge in [0, 0.05) is 23.4 Å². The Balaban J connectivity index is 2.76. The third-order valence-electron chi connectivity index (χ3n) is 3.34. The number of hydrogen-bond donors (Lipinski definition) is 6. The Labute approximate surface area is 140 Å². The number of carbonyl (C=O) groups excluding carboxylic acids is 2. The number of nitrogens with zero attached hydrogens (tertiary/aromatic N) is 1. The minimum absolute atomic E-state index is 0.0651. The van der Waals surface area contributed by atoms with Crippen molar-refractivity contribution >= 4 is 18.9 Å². The predicted octanol–water partition coefficient (Wildman–Crippen LogP) is -2.19. The zero-order valence-electron chi connectivity index (χ0n) is 13.7. The van der Waals surface area contributed by atoms with Gasteiger partial charge in [0.15, 0.2) is 0 Å². The van der Waals surface area contributed by atoms with Crippen LogP contribution in [-0.2, 0) is 4.79 Å². The summed E-state index contributed by atoms with van der Waals surface area (Å²) in [5.41, 5.74) is 5.46. The van der Waals surface area contributed by atoms with Crippen LogP contribution in [0, 0.1) is 5.92 Å². The molecule has 0 saturated carbocycles. The molecule has 1 heterocycles. The van der Waals surface area contributed by atoms with Crippen LogP contribution in [0.4, 0.5) is 0 Å². The highest BCUT2D eigenvalue weighted by Gasteiger charge is 2.30. The van der Waals surface area contributed by atoms with Crippen molar-refractivity contribution in [2.24, 2.45) is 11.7 Å². The highest BCUT2D eigenvalue weighted by Crippen LogP contribution is 2.06. The van der Waals surface area contributed by atoms with E-state index in [2.05, 4.69) is 10.6 Å². The van der Waals surface area contributed by atoms with Crippen molar-refractivity contribution in [1.29, 1.82) is 0 Å². The van der Waals surface area contributed by atoms with E-state index in [1.807, 2.05) is 13.8 Å². The number of pyridine rings is 1. The Morgan fingerprint density at radius 2 is 1.96 bits per heavy atom. The quantitative estimate of drug-likeness (QED) is 0.180. The topological polar surface area (TPSA) is 149 Å². The van der Waals surface area contributed by atoms with Gasteiger partial charge < -0.3 is 26.4 Å². The van der Waals surface area contributed by atoms with Crippen LogP contribution >= 0.6 is 0 Å². The largest absolute Gasteiger partial charge is 0.475 e. The number of nitrogens with two attached hydrogens (primary N) is 1. The zero-order chi connectivity index (χ0) is 18.3. The first-order chi connectivity index (χ1) is 11.3. The van der Waals surface area contributed by atoms with Gasteiger partial charge in [-0.2, -0.15) is 0 Å². The monoisotopic (exact) mass is 339 g/mol. The summed E-state index contributed by atoms with van der Waals surface area (Å²) >= 11 is 0. The van der Waals surface area contributed by atoms with E-state index in [9.17, 15) is 24.8 Å². The Morgan fingerprint density at radius 3 is 2.46 bits per heavy atom. The van der Waals surface area contributed by atoms with Crippen molar-refractivity contribution in [2.75, 3.05) is 6.54 Å². The van der Waals surface area contributed by atoms with Gasteiger partial charge in [-0.05, 0) is 18.4 Å². The van der Waals surface area contributed by atoms with Gasteiger partial charge in [-0.25, -0.2) is 0 Å². The van der Waals surface area contributed by atoms with Gasteiger partial charge >= 0.3 is 18.7 Å². The molecule has 1 rings (SSSR count). The van der Waals surface area contributed by atoms with Crippen molar-refractivity contribution < 1.29 is 29.6 Å². The van der Waals surface area contributed by atoms with E-state index in [1.54, 1.807) is 6.07 Å². The molecular weight excluding hydrogens is 315 g/mol. The molecule has 10 heteroatoms. The van der Waals surface area contributed by atoms with Crippen LogP contribution < -0.4 is 21.1 Å². The fourth-order valence-corrected chi connectivity index (χ4v) is 2.12. The summed E-state index contributed by atoms with van der Waals surface area (Å²) in [5.74, 6) is -2.07. The summed E-state index contributed by atoms with van der Waals surface area (Å²) in [4.78, 5) is 24.3. The molecule has 0 aliphatic carbocycles. The van der Waals surface area contributed by atoms with Crippen LogP contribution in [0.2, 0.25) is 0 Å². The standard InChI is InChI=1S/C14H23BN4O5/c1-9(2)7-12(15(22)23)18-13(20)10(8-16)17-14(21)11-5-3-4-6-19(11)24/h3-6,9-10,12,22-23H,7-8,16H2,1-2H3,(H2-,17,18,20,21,24)/p+1/t10-,12?/m0/s1. The molecule has 0 aliphatic heterocycles. The number of aromatic nitrogens is 1. The molecule has 1 aromatic rings. The second-order valence-corrected chi connectivity index (χ2v) is 5.85. The summed E-state index contributed by atoms with van der Waals surface area (Å²) < 4.78 is 0.625. The first-order valence-electron chi connectivity index (χ1n) is 7.63. The Morgan fingerprint density at radius 1 is 1.29 bits per heavy atom. The molecule has 0 fully saturated rings. The van der Waals surface area contributed by atoms with E-state index in [1.165, 1.54) is 18.3 Å². The van der Waals surface area contributed by atoms with E-state index >= 15 is 0 Å². The van der Waals surface area contributed by atoms with Crippen LogP contribution in [0.15, 0.2) is 24.4 Å². The van der Waals surface area contributed by atoms with Gasteiger partial charge in [-0.1, -0.05) is 13.8 Å². The van der Waals surface area contributed by atoms with E-state index in [0.717, 1.165) is 0 Å². The number of rotatable bonds is 8. The molecule has 24 heavy (non-hydrogen) atoms. The number of hydrogen-bond acceptors (Lipinski definition) is 6. The fourth-order valence-electron chi connectivity index (χ4n) is 2.12. The van der Waals surface area contributed by atoms with Crippen molar-refractivity contribution in [2.45, 2.75) is 32.3 Å². The van der Waals surface area contributed by atoms with Crippen LogP contribution in [0.5, 0.6) is 0 Å². The maximum absolute atomic E-state index is 12.2. The Kier molecular flexibility index (Phi) is 7.63. The van der Waals surface area contributed by atoms with Crippen LogP contribution in [0.25, 0.3) is 0 Å². The zero-order valence-corrected chi connectivity index (χ0v) is 13.7. The van der Waals surface area contributed by atoms with E-state index < -0.39 is 30.9 Å². The fraction of sp³-hybridized carbons (Fsp3) is 0.500. The SMILES string of the molecule is CC(C)CC(NC(=O)[C@H](CN)NC(=O)c1cccc[n+]1O)B(O)O. The van der Waals surface area contributed by atoms with E-state index in [4.69, 9.17) is 5.73 Å². The normalized spacial score (nSPS) is 13.2. The van der Waals surface area contributed by atoms with E-state index in [-0.39, 0.29) is 18.2 Å². The lowest BCUT2D eigenvalue weighted by Gasteiger charge is -2.23. The average molecular weight is 339 g/mol. The molecule has 0 aromatic carbocycles. The second kappa shape index (κ2) is 9.21. The molecule has 132 valence electrons. The van der Waals surface area contributed by atoms with Crippen molar-refractivity contribution in [1.82, 2.24) is 10.6 Å². The lowest BCUT2D eigenvalue weighted by atomic mass is 9.75. The summed E-state index contributed by atoms with van der Waals surface area (Å²) in [6, 6.07) is 3.38. The van der Waals surface area contributed by atoms with Gasteiger partial charge in [0.25, 0.3) is 0 Å². The number of carbonyl (C=O) groups is 2. The molecule has 0 saturated heterocycles. The molecule has 0 aliphatic rings. The third kappa shape index (κ3) is 5.80. The average Bonchev–Trinajstić information content (AvgIpc) is 2.51. The minimum Gasteiger partial charge on any atom is -0.426 e. The smallest absolute Gasteiger partial charge is 0.426 e. The summed E-state index contributed by atoms with van der Waals surface area (Å²) in [6.45, 7) is 3.56. The van der Waals surface area contributed by atoms with Crippen LogP contribution in [-0.4, -0.2) is 52.7 Å². The van der Waals surface area contributed by atoms with Crippen LogP contribution in [0.3, 0.4) is 0 Å².